The number of rotatable bonds is 4. The number of hydrogen-bond donors (Lipinski definition) is 3. The molecule has 4 aliphatic carbocycles. The van der Waals surface area contributed by atoms with Crippen LogP contribution in [0, 0.1) is 34.5 Å². The van der Waals surface area contributed by atoms with Crippen molar-refractivity contribution in [2.45, 2.75) is 101 Å². The van der Waals surface area contributed by atoms with E-state index >= 15 is 0 Å². The van der Waals surface area contributed by atoms with Gasteiger partial charge in [-0.05, 0) is 80.1 Å². The highest BCUT2D eigenvalue weighted by molar-refractivity contribution is 5.82. The molecule has 5 unspecified atom stereocenters. The Morgan fingerprint density at radius 2 is 1.85 bits per heavy atom. The molecule has 0 spiro atoms. The highest BCUT2D eigenvalue weighted by Crippen LogP contribution is 2.69. The fourth-order valence-corrected chi connectivity index (χ4v) is 9.48. The van der Waals surface area contributed by atoms with E-state index in [1.165, 1.54) is 5.57 Å². The Balaban J connectivity index is 1.17. The van der Waals surface area contributed by atoms with Crippen molar-refractivity contribution in [3.05, 3.63) is 34.2 Å². The van der Waals surface area contributed by atoms with Crippen LogP contribution >= 0.6 is 0 Å². The number of fused-ring (bicyclic) bond motifs is 5. The first-order valence-corrected chi connectivity index (χ1v) is 14.6. The first kappa shape index (κ1) is 27.2. The molecule has 39 heavy (non-hydrogen) atoms. The van der Waals surface area contributed by atoms with Crippen LogP contribution in [0.25, 0.3) is 10.4 Å². The Morgan fingerprint density at radius 3 is 2.59 bits per heavy atom. The number of ether oxygens (including phenoxy) is 3. The van der Waals surface area contributed by atoms with Gasteiger partial charge < -0.3 is 29.5 Å². The lowest BCUT2D eigenvalue weighted by atomic mass is 9.45. The molecule has 3 saturated carbocycles. The summed E-state index contributed by atoms with van der Waals surface area (Å²) in [6.45, 7) is 5.04. The standard InChI is InChI=1S/C29H41N3O7/c1-27-10-7-18(39-26-25(35)24(34)22(15-38-26)31-32-30)13-17(27)4-5-21-20(27)8-11-28(2)19(9-12-29(21,28)36)16-3-6-23(33)37-14-16/h3,6,13,16,18-22,24-26,34-36H,4-5,7-12,14-15H2,1-2H3/t16?,18-,19+,20?,21?,22?,24-,25-,26?,27-,28+,29-/m0/s1. The van der Waals surface area contributed by atoms with Crippen molar-refractivity contribution in [3.8, 4) is 0 Å². The molecule has 0 amide bonds. The van der Waals surface area contributed by atoms with Crippen LogP contribution in [0.5, 0.6) is 0 Å². The molecule has 0 radical (unpaired) electrons. The van der Waals surface area contributed by atoms with Gasteiger partial charge in [-0.3, -0.25) is 0 Å². The molecule has 12 atom stereocenters. The summed E-state index contributed by atoms with van der Waals surface area (Å²) in [5, 5.41) is 36.8. The lowest BCUT2D eigenvalue weighted by Crippen LogP contribution is -2.61. The Bertz CT molecular complexity index is 1110. The lowest BCUT2D eigenvalue weighted by Gasteiger charge is -2.62. The van der Waals surface area contributed by atoms with Gasteiger partial charge >= 0.3 is 5.97 Å². The summed E-state index contributed by atoms with van der Waals surface area (Å²) in [7, 11) is 0. The van der Waals surface area contributed by atoms with Gasteiger partial charge in [0.2, 0.25) is 0 Å². The number of aliphatic hydroxyl groups is 3. The van der Waals surface area contributed by atoms with Crippen molar-refractivity contribution in [2.24, 2.45) is 39.6 Å². The zero-order chi connectivity index (χ0) is 27.6. The fraction of sp³-hybridized carbons (Fsp3) is 0.828. The van der Waals surface area contributed by atoms with Crippen molar-refractivity contribution < 1.29 is 34.3 Å². The Labute approximate surface area is 229 Å². The molecule has 214 valence electrons. The predicted octanol–water partition coefficient (Wildman–Crippen LogP) is 3.55. The van der Waals surface area contributed by atoms with Crippen molar-refractivity contribution >= 4 is 5.97 Å². The number of carbonyl (C=O) groups is 1. The molecule has 0 aromatic heterocycles. The molecule has 6 rings (SSSR count). The van der Waals surface area contributed by atoms with E-state index in [-0.39, 0.29) is 41.3 Å². The maximum Gasteiger partial charge on any atom is 0.330 e. The van der Waals surface area contributed by atoms with Gasteiger partial charge in [0.25, 0.3) is 0 Å². The number of nitrogens with zero attached hydrogens (tertiary/aromatic N) is 3. The Morgan fingerprint density at radius 1 is 1.05 bits per heavy atom. The number of allylic oxidation sites excluding steroid dienone is 1. The van der Waals surface area contributed by atoms with E-state index in [0.717, 1.165) is 51.4 Å². The minimum Gasteiger partial charge on any atom is -0.462 e. The summed E-state index contributed by atoms with van der Waals surface area (Å²) >= 11 is 0. The highest BCUT2D eigenvalue weighted by atomic mass is 16.7. The van der Waals surface area contributed by atoms with E-state index in [1.807, 2.05) is 6.08 Å². The fourth-order valence-electron chi connectivity index (χ4n) is 9.48. The Hall–Kier alpha value is -1.94. The zero-order valence-corrected chi connectivity index (χ0v) is 22.8. The summed E-state index contributed by atoms with van der Waals surface area (Å²) in [5.41, 5.74) is 9.08. The number of hydrogen-bond acceptors (Lipinski definition) is 8. The second-order valence-corrected chi connectivity index (χ2v) is 13.2. The monoisotopic (exact) mass is 543 g/mol. The average Bonchev–Trinajstić information content (AvgIpc) is 3.20. The minimum atomic E-state index is -1.29. The van der Waals surface area contributed by atoms with E-state index in [4.69, 9.17) is 19.7 Å². The van der Waals surface area contributed by atoms with Crippen LogP contribution in [0.2, 0.25) is 0 Å². The second kappa shape index (κ2) is 9.86. The van der Waals surface area contributed by atoms with Crippen LogP contribution in [0.3, 0.4) is 0 Å². The van der Waals surface area contributed by atoms with Crippen molar-refractivity contribution in [2.75, 3.05) is 13.2 Å². The molecule has 0 aromatic rings. The van der Waals surface area contributed by atoms with Crippen molar-refractivity contribution in [3.63, 3.8) is 0 Å². The maximum atomic E-state index is 12.4. The maximum absolute atomic E-state index is 12.4. The van der Waals surface area contributed by atoms with Gasteiger partial charge in [-0.25, -0.2) is 4.79 Å². The van der Waals surface area contributed by atoms with Crippen molar-refractivity contribution in [1.82, 2.24) is 0 Å². The normalized spacial score (nSPS) is 51.1. The summed E-state index contributed by atoms with van der Waals surface area (Å²) < 4.78 is 17.1. The third kappa shape index (κ3) is 4.18. The largest absolute Gasteiger partial charge is 0.462 e. The summed E-state index contributed by atoms with van der Waals surface area (Å²) in [6.07, 6.45) is 9.31. The van der Waals surface area contributed by atoms with E-state index in [0.29, 0.717) is 18.4 Å². The van der Waals surface area contributed by atoms with E-state index < -0.39 is 30.1 Å². The third-order valence-corrected chi connectivity index (χ3v) is 11.7. The van der Waals surface area contributed by atoms with Gasteiger partial charge in [0.05, 0.1) is 37.1 Å². The first-order chi connectivity index (χ1) is 18.6. The topological polar surface area (TPSA) is 154 Å². The molecule has 10 nitrogen and oxygen atoms in total. The number of aliphatic hydroxyl groups excluding tert-OH is 2. The molecule has 6 aliphatic rings. The van der Waals surface area contributed by atoms with Crippen LogP contribution in [-0.4, -0.2) is 70.7 Å². The van der Waals surface area contributed by atoms with Gasteiger partial charge in [0, 0.05) is 22.3 Å². The Kier molecular flexibility index (Phi) is 6.88. The predicted molar refractivity (Wildman–Crippen MR) is 140 cm³/mol. The van der Waals surface area contributed by atoms with Gasteiger partial charge in [-0.1, -0.05) is 36.7 Å². The minimum absolute atomic E-state index is 0.00482. The van der Waals surface area contributed by atoms with Crippen LogP contribution < -0.4 is 0 Å². The van der Waals surface area contributed by atoms with E-state index in [2.05, 4.69) is 29.9 Å². The van der Waals surface area contributed by atoms with E-state index in [9.17, 15) is 20.1 Å². The summed E-state index contributed by atoms with van der Waals surface area (Å²) in [4.78, 5) is 14.3. The molecule has 2 heterocycles. The molecular formula is C29H41N3O7. The molecule has 3 N–H and O–H groups in total. The molecule has 10 heteroatoms. The first-order valence-electron chi connectivity index (χ1n) is 14.6. The van der Waals surface area contributed by atoms with Crippen LogP contribution in [0.4, 0.5) is 0 Å². The van der Waals surface area contributed by atoms with Gasteiger partial charge in [0.1, 0.15) is 6.10 Å². The summed E-state index contributed by atoms with van der Waals surface area (Å²) in [6, 6.07) is -0.838. The number of azide groups is 1. The van der Waals surface area contributed by atoms with Crippen LogP contribution in [0.1, 0.15) is 65.2 Å². The van der Waals surface area contributed by atoms with E-state index in [1.54, 1.807) is 6.08 Å². The molecule has 1 saturated heterocycles. The molecule has 4 fully saturated rings. The second-order valence-electron chi connectivity index (χ2n) is 13.2. The van der Waals surface area contributed by atoms with Gasteiger partial charge in [-0.2, -0.15) is 0 Å². The third-order valence-electron chi connectivity index (χ3n) is 11.7. The van der Waals surface area contributed by atoms with Crippen LogP contribution in [-0.2, 0) is 19.0 Å². The lowest BCUT2D eigenvalue weighted by molar-refractivity contribution is -0.259. The molecule has 0 aromatic carbocycles. The number of esters is 1. The SMILES string of the molecule is C[C@]12CC[C@H](OC3OCC(N=[N+]=[N-])[C@H](O)[C@@H]3O)C=C1CCC1C2CC[C@]2(C)[C@@H](C3C=CC(=O)OC3)CC[C@]12O. The van der Waals surface area contributed by atoms with Crippen molar-refractivity contribution in [1.29, 1.82) is 0 Å². The quantitative estimate of drug-likeness (QED) is 0.161. The number of cyclic esters (lactones) is 1. The zero-order valence-electron chi connectivity index (χ0n) is 22.8. The molecule has 0 bridgehead atoms. The average molecular weight is 544 g/mol. The van der Waals surface area contributed by atoms with Crippen LogP contribution in [0.15, 0.2) is 28.9 Å². The smallest absolute Gasteiger partial charge is 0.330 e. The number of carbonyl (C=O) groups excluding carboxylic acids is 1. The summed E-state index contributed by atoms with van der Waals surface area (Å²) in [5.74, 6) is 0.812. The highest BCUT2D eigenvalue weighted by Gasteiger charge is 2.67. The van der Waals surface area contributed by atoms with Gasteiger partial charge in [0.15, 0.2) is 6.29 Å². The molecular weight excluding hydrogens is 502 g/mol. The molecule has 2 aliphatic heterocycles. The van der Waals surface area contributed by atoms with Gasteiger partial charge in [-0.15, -0.1) is 0 Å².